The standard InChI is InChI=1S/C22H28N4O2/c1-2-21(19-8-10-20(27)11-9-19)23-24-22(28)17-26-14-12-25(13-15-26)16-18-6-4-3-5-7-18/h3-11,27H,2,12-17H2,1H3,(H,24,28)/b23-21-. The number of carbonyl (C=O) groups is 1. The Morgan fingerprint density at radius 1 is 1.00 bits per heavy atom. The number of nitrogens with zero attached hydrogens (tertiary/aromatic N) is 3. The molecular formula is C22H28N4O2. The van der Waals surface area contributed by atoms with Crippen LogP contribution in [0.4, 0.5) is 0 Å². The van der Waals surface area contributed by atoms with Crippen molar-refractivity contribution < 1.29 is 9.90 Å². The molecule has 1 amide bonds. The molecule has 1 fully saturated rings. The summed E-state index contributed by atoms with van der Waals surface area (Å²) in [5, 5.41) is 13.7. The number of nitrogens with one attached hydrogen (secondary N) is 1. The predicted octanol–water partition coefficient (Wildman–Crippen LogP) is 2.44. The Morgan fingerprint density at radius 2 is 1.64 bits per heavy atom. The maximum Gasteiger partial charge on any atom is 0.254 e. The van der Waals surface area contributed by atoms with Gasteiger partial charge in [0.15, 0.2) is 0 Å². The molecule has 2 aromatic rings. The van der Waals surface area contributed by atoms with Gasteiger partial charge in [0.2, 0.25) is 0 Å². The van der Waals surface area contributed by atoms with Crippen LogP contribution in [-0.4, -0.2) is 59.2 Å². The summed E-state index contributed by atoms with van der Waals surface area (Å²) in [4.78, 5) is 16.9. The molecule has 1 heterocycles. The maximum atomic E-state index is 12.3. The van der Waals surface area contributed by atoms with Crippen LogP contribution in [0.25, 0.3) is 0 Å². The molecule has 2 aromatic carbocycles. The number of rotatable bonds is 7. The van der Waals surface area contributed by atoms with E-state index in [-0.39, 0.29) is 11.7 Å². The highest BCUT2D eigenvalue weighted by molar-refractivity contribution is 6.01. The lowest BCUT2D eigenvalue weighted by Crippen LogP contribution is -2.48. The van der Waals surface area contributed by atoms with Crippen molar-refractivity contribution in [1.29, 1.82) is 0 Å². The van der Waals surface area contributed by atoms with Crippen molar-refractivity contribution in [1.82, 2.24) is 15.2 Å². The Hall–Kier alpha value is -2.70. The second-order valence-electron chi connectivity index (χ2n) is 7.03. The molecule has 1 saturated heterocycles. The normalized spacial score (nSPS) is 16.1. The molecule has 28 heavy (non-hydrogen) atoms. The average Bonchev–Trinajstić information content (AvgIpc) is 2.72. The Morgan fingerprint density at radius 3 is 2.29 bits per heavy atom. The molecule has 0 spiro atoms. The van der Waals surface area contributed by atoms with Gasteiger partial charge in [0.05, 0.1) is 12.3 Å². The molecule has 148 valence electrons. The van der Waals surface area contributed by atoms with E-state index in [1.807, 2.05) is 13.0 Å². The van der Waals surface area contributed by atoms with Crippen molar-refractivity contribution in [2.24, 2.45) is 5.10 Å². The Bertz CT molecular complexity index is 782. The van der Waals surface area contributed by atoms with Crippen molar-refractivity contribution in [3.8, 4) is 5.75 Å². The second-order valence-corrected chi connectivity index (χ2v) is 7.03. The summed E-state index contributed by atoms with van der Waals surface area (Å²) in [5.74, 6) is 0.121. The number of aromatic hydroxyl groups is 1. The van der Waals surface area contributed by atoms with Gasteiger partial charge in [-0.05, 0) is 41.8 Å². The van der Waals surface area contributed by atoms with Crippen LogP contribution in [0, 0.1) is 0 Å². The van der Waals surface area contributed by atoms with Crippen LogP contribution in [-0.2, 0) is 11.3 Å². The summed E-state index contributed by atoms with van der Waals surface area (Å²) in [6, 6.07) is 17.3. The number of carbonyl (C=O) groups excluding carboxylic acids is 1. The minimum Gasteiger partial charge on any atom is -0.508 e. The lowest BCUT2D eigenvalue weighted by atomic mass is 10.1. The van der Waals surface area contributed by atoms with Crippen LogP contribution in [0.1, 0.15) is 24.5 Å². The Labute approximate surface area is 166 Å². The lowest BCUT2D eigenvalue weighted by molar-refractivity contribution is -0.122. The fourth-order valence-electron chi connectivity index (χ4n) is 3.32. The molecule has 6 nitrogen and oxygen atoms in total. The third kappa shape index (κ3) is 5.90. The summed E-state index contributed by atoms with van der Waals surface area (Å²) < 4.78 is 0. The van der Waals surface area contributed by atoms with Crippen LogP contribution < -0.4 is 5.43 Å². The molecule has 1 aliphatic heterocycles. The maximum absolute atomic E-state index is 12.3. The van der Waals surface area contributed by atoms with Gasteiger partial charge in [-0.15, -0.1) is 0 Å². The quantitative estimate of drug-likeness (QED) is 0.572. The van der Waals surface area contributed by atoms with Crippen LogP contribution in [0.15, 0.2) is 59.7 Å². The highest BCUT2D eigenvalue weighted by Crippen LogP contribution is 2.12. The Balaban J connectivity index is 1.44. The summed E-state index contributed by atoms with van der Waals surface area (Å²) >= 11 is 0. The second kappa shape index (κ2) is 10.0. The fourth-order valence-corrected chi connectivity index (χ4v) is 3.32. The van der Waals surface area contributed by atoms with Gasteiger partial charge in [-0.25, -0.2) is 5.43 Å². The minimum atomic E-state index is -0.0961. The van der Waals surface area contributed by atoms with Gasteiger partial charge in [0.1, 0.15) is 5.75 Å². The summed E-state index contributed by atoms with van der Waals surface area (Å²) in [6.45, 7) is 6.97. The number of hydrogen-bond acceptors (Lipinski definition) is 5. The van der Waals surface area contributed by atoms with E-state index in [1.54, 1.807) is 24.3 Å². The molecule has 0 unspecified atom stereocenters. The third-order valence-electron chi connectivity index (χ3n) is 4.93. The van der Waals surface area contributed by atoms with Crippen molar-refractivity contribution in [2.45, 2.75) is 19.9 Å². The summed E-state index contributed by atoms with van der Waals surface area (Å²) in [5.41, 5.74) is 5.69. The highest BCUT2D eigenvalue weighted by Gasteiger charge is 2.19. The molecule has 0 bridgehead atoms. The number of phenols is 1. The van der Waals surface area contributed by atoms with Crippen LogP contribution in [0.2, 0.25) is 0 Å². The van der Waals surface area contributed by atoms with Crippen molar-refractivity contribution in [3.63, 3.8) is 0 Å². The molecule has 0 atom stereocenters. The first-order valence-corrected chi connectivity index (χ1v) is 9.77. The van der Waals surface area contributed by atoms with E-state index < -0.39 is 0 Å². The highest BCUT2D eigenvalue weighted by atomic mass is 16.3. The molecule has 0 aliphatic carbocycles. The largest absolute Gasteiger partial charge is 0.508 e. The van der Waals surface area contributed by atoms with Gasteiger partial charge in [0, 0.05) is 32.7 Å². The Kier molecular flexibility index (Phi) is 7.17. The zero-order chi connectivity index (χ0) is 19.8. The number of hydrogen-bond donors (Lipinski definition) is 2. The minimum absolute atomic E-state index is 0.0961. The van der Waals surface area contributed by atoms with Gasteiger partial charge in [-0.3, -0.25) is 14.6 Å². The zero-order valence-corrected chi connectivity index (χ0v) is 16.3. The van der Waals surface area contributed by atoms with Gasteiger partial charge in [-0.1, -0.05) is 37.3 Å². The molecule has 0 aromatic heterocycles. The SMILES string of the molecule is CC/C(=N/NC(=O)CN1CCN(Cc2ccccc2)CC1)c1ccc(O)cc1. The number of hydrazone groups is 1. The van der Waals surface area contributed by atoms with Crippen LogP contribution in [0.5, 0.6) is 5.75 Å². The van der Waals surface area contributed by atoms with Crippen molar-refractivity contribution in [3.05, 3.63) is 65.7 Å². The van der Waals surface area contributed by atoms with E-state index in [0.717, 1.165) is 44.0 Å². The monoisotopic (exact) mass is 380 g/mol. The zero-order valence-electron chi connectivity index (χ0n) is 16.3. The van der Waals surface area contributed by atoms with Crippen molar-refractivity contribution in [2.75, 3.05) is 32.7 Å². The molecule has 3 rings (SSSR count). The average molecular weight is 380 g/mol. The number of piperazine rings is 1. The third-order valence-corrected chi connectivity index (χ3v) is 4.93. The number of benzene rings is 2. The van der Waals surface area contributed by atoms with Gasteiger partial charge in [0.25, 0.3) is 5.91 Å². The summed E-state index contributed by atoms with van der Waals surface area (Å²) in [6.07, 6.45) is 0.698. The van der Waals surface area contributed by atoms with Crippen molar-refractivity contribution >= 4 is 11.6 Å². The van der Waals surface area contributed by atoms with E-state index in [9.17, 15) is 9.90 Å². The number of amides is 1. The smallest absolute Gasteiger partial charge is 0.254 e. The predicted molar refractivity (Wildman–Crippen MR) is 111 cm³/mol. The molecule has 0 radical (unpaired) electrons. The molecular weight excluding hydrogens is 352 g/mol. The first-order chi connectivity index (χ1) is 13.6. The first-order valence-electron chi connectivity index (χ1n) is 9.77. The fraction of sp³-hybridized carbons (Fsp3) is 0.364. The van der Waals surface area contributed by atoms with E-state index >= 15 is 0 Å². The van der Waals surface area contributed by atoms with E-state index in [1.165, 1.54) is 5.56 Å². The first kappa shape index (κ1) is 20.0. The lowest BCUT2D eigenvalue weighted by Gasteiger charge is -2.34. The molecule has 2 N–H and O–H groups in total. The van der Waals surface area contributed by atoms with Crippen LogP contribution >= 0.6 is 0 Å². The molecule has 6 heteroatoms. The summed E-state index contributed by atoms with van der Waals surface area (Å²) in [7, 11) is 0. The molecule has 0 saturated carbocycles. The molecule has 1 aliphatic rings. The van der Waals surface area contributed by atoms with Crippen LogP contribution in [0.3, 0.4) is 0 Å². The van der Waals surface area contributed by atoms with Gasteiger partial charge < -0.3 is 5.11 Å². The van der Waals surface area contributed by atoms with Gasteiger partial charge in [-0.2, -0.15) is 5.10 Å². The van der Waals surface area contributed by atoms with E-state index in [2.05, 4.69) is 44.6 Å². The van der Waals surface area contributed by atoms with Gasteiger partial charge >= 0.3 is 0 Å². The van der Waals surface area contributed by atoms with E-state index in [4.69, 9.17) is 0 Å². The number of phenolic OH excluding ortho intramolecular Hbond substituents is 1. The van der Waals surface area contributed by atoms with E-state index in [0.29, 0.717) is 13.0 Å². The topological polar surface area (TPSA) is 68.2 Å².